The normalized spacial score (nSPS) is 19.2. The lowest BCUT2D eigenvalue weighted by Crippen LogP contribution is -2.33. The van der Waals surface area contributed by atoms with Crippen LogP contribution in [0.1, 0.15) is 31.4 Å². The van der Waals surface area contributed by atoms with Gasteiger partial charge in [-0.2, -0.15) is 0 Å². The topological polar surface area (TPSA) is 68.3 Å². The fraction of sp³-hybridized carbons (Fsp3) is 0.615. The van der Waals surface area contributed by atoms with Gasteiger partial charge in [0, 0.05) is 31.6 Å². The smallest absolute Gasteiger partial charge is 0.212 e. The summed E-state index contributed by atoms with van der Waals surface area (Å²) >= 11 is 0. The van der Waals surface area contributed by atoms with E-state index in [0.717, 1.165) is 18.4 Å². The van der Waals surface area contributed by atoms with Gasteiger partial charge < -0.3 is 4.74 Å². The molecule has 2 rings (SSSR count). The Morgan fingerprint density at radius 1 is 1.47 bits per heavy atom. The fourth-order valence-electron chi connectivity index (χ4n) is 2.24. The number of sulfonamides is 1. The zero-order valence-corrected chi connectivity index (χ0v) is 11.9. The van der Waals surface area contributed by atoms with Gasteiger partial charge in [0.1, 0.15) is 0 Å². The minimum Gasteiger partial charge on any atom is -0.381 e. The summed E-state index contributed by atoms with van der Waals surface area (Å²) in [6, 6.07) is 3.42. The summed E-state index contributed by atoms with van der Waals surface area (Å²) in [6.07, 6.45) is 5.00. The molecule has 1 aromatic heterocycles. The maximum Gasteiger partial charge on any atom is 0.212 e. The van der Waals surface area contributed by atoms with Crippen LogP contribution < -0.4 is 4.72 Å². The largest absolute Gasteiger partial charge is 0.381 e. The Hall–Kier alpha value is -0.980. The van der Waals surface area contributed by atoms with Gasteiger partial charge in [-0.3, -0.25) is 4.98 Å². The van der Waals surface area contributed by atoms with Gasteiger partial charge in [-0.25, -0.2) is 13.1 Å². The predicted molar refractivity (Wildman–Crippen MR) is 73.1 cm³/mol. The van der Waals surface area contributed by atoms with Crippen molar-refractivity contribution >= 4 is 10.0 Å². The average molecular weight is 284 g/mol. The number of aromatic nitrogens is 1. The van der Waals surface area contributed by atoms with Crippen molar-refractivity contribution in [3.05, 3.63) is 30.1 Å². The van der Waals surface area contributed by atoms with E-state index in [4.69, 9.17) is 4.74 Å². The van der Waals surface area contributed by atoms with E-state index in [1.54, 1.807) is 18.5 Å². The maximum absolute atomic E-state index is 12.1. The number of nitrogens with zero attached hydrogens (tertiary/aromatic N) is 1. The molecule has 0 aliphatic carbocycles. The summed E-state index contributed by atoms with van der Waals surface area (Å²) in [6.45, 7) is 3.16. The van der Waals surface area contributed by atoms with E-state index in [2.05, 4.69) is 9.71 Å². The lowest BCUT2D eigenvalue weighted by molar-refractivity contribution is 0.0723. The Morgan fingerprint density at radius 2 is 2.21 bits per heavy atom. The van der Waals surface area contributed by atoms with Gasteiger partial charge >= 0.3 is 0 Å². The molecule has 0 radical (unpaired) electrons. The quantitative estimate of drug-likeness (QED) is 0.889. The van der Waals surface area contributed by atoms with Gasteiger partial charge in [0.25, 0.3) is 0 Å². The Bertz CT molecular complexity index is 484. The van der Waals surface area contributed by atoms with Crippen LogP contribution in [0, 0.1) is 5.92 Å². The molecule has 1 saturated heterocycles. The SMILES string of the molecule is C[C@H](NS(=O)(=O)CC1CCOCC1)c1cccnc1. The van der Waals surface area contributed by atoms with Crippen molar-refractivity contribution in [2.24, 2.45) is 5.92 Å². The first-order chi connectivity index (χ1) is 9.07. The summed E-state index contributed by atoms with van der Waals surface area (Å²) < 4.78 is 32.2. The van der Waals surface area contributed by atoms with E-state index in [1.165, 1.54) is 0 Å². The van der Waals surface area contributed by atoms with Gasteiger partial charge in [-0.1, -0.05) is 6.07 Å². The van der Waals surface area contributed by atoms with E-state index in [1.807, 2.05) is 13.0 Å². The molecule has 1 N–H and O–H groups in total. The second kappa shape index (κ2) is 6.45. The molecular formula is C13H20N2O3S. The third-order valence-electron chi connectivity index (χ3n) is 3.34. The molecule has 1 atom stereocenters. The molecule has 6 heteroatoms. The zero-order chi connectivity index (χ0) is 13.7. The molecule has 0 saturated carbocycles. The molecule has 19 heavy (non-hydrogen) atoms. The minimum absolute atomic E-state index is 0.182. The zero-order valence-electron chi connectivity index (χ0n) is 11.1. The van der Waals surface area contributed by atoms with Crippen LogP contribution in [0.2, 0.25) is 0 Å². The standard InChI is InChI=1S/C13H20N2O3S/c1-11(13-3-2-6-14-9-13)15-19(16,17)10-12-4-7-18-8-5-12/h2-3,6,9,11-12,15H,4-5,7-8,10H2,1H3/t11-/m0/s1. The fourth-order valence-corrected chi connectivity index (χ4v) is 3.97. The molecule has 1 aromatic rings. The number of rotatable bonds is 5. The first kappa shape index (κ1) is 14.4. The summed E-state index contributed by atoms with van der Waals surface area (Å²) in [5.41, 5.74) is 0.873. The molecule has 1 aliphatic rings. The van der Waals surface area contributed by atoms with Crippen molar-refractivity contribution in [1.82, 2.24) is 9.71 Å². The van der Waals surface area contributed by atoms with Gasteiger partial charge in [-0.05, 0) is 37.3 Å². The number of ether oxygens (including phenoxy) is 1. The highest BCUT2D eigenvalue weighted by atomic mass is 32.2. The van der Waals surface area contributed by atoms with Gasteiger partial charge in [-0.15, -0.1) is 0 Å². The molecule has 0 unspecified atom stereocenters. The van der Waals surface area contributed by atoms with Crippen LogP contribution in [0.25, 0.3) is 0 Å². The van der Waals surface area contributed by atoms with E-state index in [0.29, 0.717) is 13.2 Å². The second-order valence-corrected chi connectivity index (χ2v) is 6.76. The number of hydrogen-bond donors (Lipinski definition) is 1. The molecule has 0 bridgehead atoms. The van der Waals surface area contributed by atoms with Gasteiger partial charge in [0.15, 0.2) is 0 Å². The maximum atomic E-state index is 12.1. The number of hydrogen-bond acceptors (Lipinski definition) is 4. The molecule has 1 fully saturated rings. The average Bonchev–Trinajstić information content (AvgIpc) is 2.39. The summed E-state index contributed by atoms with van der Waals surface area (Å²) in [4.78, 5) is 4.00. The Balaban J connectivity index is 1.93. The molecule has 106 valence electrons. The summed E-state index contributed by atoms with van der Waals surface area (Å²) in [7, 11) is -3.26. The van der Waals surface area contributed by atoms with Crippen LogP contribution in [0.3, 0.4) is 0 Å². The van der Waals surface area contributed by atoms with Crippen LogP contribution in [-0.4, -0.2) is 32.4 Å². The number of nitrogens with one attached hydrogen (secondary N) is 1. The Morgan fingerprint density at radius 3 is 2.84 bits per heavy atom. The van der Waals surface area contributed by atoms with Crippen LogP contribution >= 0.6 is 0 Å². The van der Waals surface area contributed by atoms with E-state index in [9.17, 15) is 8.42 Å². The third kappa shape index (κ3) is 4.56. The monoisotopic (exact) mass is 284 g/mol. The van der Waals surface area contributed by atoms with E-state index < -0.39 is 10.0 Å². The highest BCUT2D eigenvalue weighted by molar-refractivity contribution is 7.89. The first-order valence-corrected chi connectivity index (χ1v) is 8.20. The van der Waals surface area contributed by atoms with Crippen LogP contribution in [0.15, 0.2) is 24.5 Å². The first-order valence-electron chi connectivity index (χ1n) is 6.54. The van der Waals surface area contributed by atoms with E-state index >= 15 is 0 Å². The van der Waals surface area contributed by atoms with Crippen LogP contribution in [0.5, 0.6) is 0 Å². The third-order valence-corrected chi connectivity index (χ3v) is 4.96. The lowest BCUT2D eigenvalue weighted by Gasteiger charge is -2.23. The van der Waals surface area contributed by atoms with Crippen molar-refractivity contribution in [2.75, 3.05) is 19.0 Å². The predicted octanol–water partition coefficient (Wildman–Crippen LogP) is 1.49. The lowest BCUT2D eigenvalue weighted by atomic mass is 10.0. The van der Waals surface area contributed by atoms with Crippen molar-refractivity contribution < 1.29 is 13.2 Å². The van der Waals surface area contributed by atoms with Crippen molar-refractivity contribution in [3.8, 4) is 0 Å². The van der Waals surface area contributed by atoms with Crippen molar-refractivity contribution in [1.29, 1.82) is 0 Å². The van der Waals surface area contributed by atoms with Crippen molar-refractivity contribution in [2.45, 2.75) is 25.8 Å². The summed E-state index contributed by atoms with van der Waals surface area (Å²) in [5.74, 6) is 0.383. The number of pyridine rings is 1. The molecule has 2 heterocycles. The van der Waals surface area contributed by atoms with E-state index in [-0.39, 0.29) is 17.7 Å². The molecule has 0 amide bonds. The highest BCUT2D eigenvalue weighted by Crippen LogP contribution is 2.18. The Labute approximate surface area is 114 Å². The molecule has 0 aromatic carbocycles. The van der Waals surface area contributed by atoms with Gasteiger partial charge in [0.2, 0.25) is 10.0 Å². The summed E-state index contributed by atoms with van der Waals surface area (Å²) in [5, 5.41) is 0. The molecule has 5 nitrogen and oxygen atoms in total. The van der Waals surface area contributed by atoms with Crippen LogP contribution in [0.4, 0.5) is 0 Å². The van der Waals surface area contributed by atoms with Crippen molar-refractivity contribution in [3.63, 3.8) is 0 Å². The molecule has 0 spiro atoms. The second-order valence-electron chi connectivity index (χ2n) is 4.96. The molecular weight excluding hydrogens is 264 g/mol. The van der Waals surface area contributed by atoms with Crippen LogP contribution in [-0.2, 0) is 14.8 Å². The highest BCUT2D eigenvalue weighted by Gasteiger charge is 2.23. The molecule has 1 aliphatic heterocycles. The van der Waals surface area contributed by atoms with Gasteiger partial charge in [0.05, 0.1) is 5.75 Å². The Kier molecular flexibility index (Phi) is 4.90. The minimum atomic E-state index is -3.26.